The van der Waals surface area contributed by atoms with Gasteiger partial charge in [0, 0.05) is 18.8 Å². The lowest BCUT2D eigenvalue weighted by Crippen LogP contribution is -2.53. The van der Waals surface area contributed by atoms with E-state index in [0.29, 0.717) is 11.0 Å². The van der Waals surface area contributed by atoms with Gasteiger partial charge in [0.25, 0.3) is 24.7 Å². The molecule has 0 radical (unpaired) electrons. The van der Waals surface area contributed by atoms with E-state index in [2.05, 4.69) is 5.32 Å². The van der Waals surface area contributed by atoms with Crippen LogP contribution in [0.5, 0.6) is 0 Å². The van der Waals surface area contributed by atoms with Gasteiger partial charge in [0.05, 0.1) is 40.2 Å². The Labute approximate surface area is 232 Å². The molecule has 2 heterocycles. The summed E-state index contributed by atoms with van der Waals surface area (Å²) in [5.41, 5.74) is -2.31. The Hall–Kier alpha value is -2.95. The average molecular weight is 619 g/mol. The highest BCUT2D eigenvalue weighted by atomic mass is 35.5. The van der Waals surface area contributed by atoms with E-state index >= 15 is 0 Å². The Morgan fingerprint density at radius 2 is 1.77 bits per heavy atom. The Bertz CT molecular complexity index is 1200. The lowest BCUT2D eigenvalue weighted by molar-refractivity contribution is -0.137. The number of carbonyl (C=O) groups excluding carboxylic acids is 3. The summed E-state index contributed by atoms with van der Waals surface area (Å²) in [6, 6.07) is 3.39. The lowest BCUT2D eigenvalue weighted by Gasteiger charge is -2.31. The molecule has 1 fully saturated rings. The Morgan fingerprint density at radius 3 is 2.33 bits per heavy atom. The van der Waals surface area contributed by atoms with Crippen LogP contribution < -0.4 is 15.5 Å². The topological polar surface area (TPSA) is 91.0 Å². The van der Waals surface area contributed by atoms with Gasteiger partial charge in [0.1, 0.15) is 12.6 Å². The summed E-state index contributed by atoms with van der Waals surface area (Å²) in [5, 5.41) is 4.21. The third-order valence-corrected chi connectivity index (χ3v) is 6.84. The van der Waals surface area contributed by atoms with Crippen molar-refractivity contribution in [1.82, 2.24) is 10.2 Å². The molecule has 0 bridgehead atoms. The van der Waals surface area contributed by atoms with Crippen molar-refractivity contribution in [1.29, 1.82) is 0 Å². The molecule has 0 aliphatic carbocycles. The predicted octanol–water partition coefficient (Wildman–Crippen LogP) is 4.35. The first kappa shape index (κ1) is 31.6. The minimum absolute atomic E-state index is 0.0186. The Kier molecular flexibility index (Phi) is 10.7. The van der Waals surface area contributed by atoms with Gasteiger partial charge in [-0.15, -0.1) is 11.3 Å². The van der Waals surface area contributed by atoms with Gasteiger partial charge >= 0.3 is 6.18 Å². The van der Waals surface area contributed by atoms with Crippen molar-refractivity contribution in [2.45, 2.75) is 25.1 Å². The first-order chi connectivity index (χ1) is 18.8. The highest BCUT2D eigenvalue weighted by Gasteiger charge is 2.37. The summed E-state index contributed by atoms with van der Waals surface area (Å²) in [6.07, 6.45) is -11.4. The van der Waals surface area contributed by atoms with Crippen molar-refractivity contribution in [3.05, 3.63) is 45.1 Å². The molecule has 1 aromatic heterocycles. The first-order valence-corrected chi connectivity index (χ1v) is 12.7. The summed E-state index contributed by atoms with van der Waals surface area (Å²) < 4.78 is 99.9. The van der Waals surface area contributed by atoms with Crippen LogP contribution in [0.4, 0.5) is 42.1 Å². The van der Waals surface area contributed by atoms with Crippen LogP contribution in [0.2, 0.25) is 4.34 Å². The van der Waals surface area contributed by atoms with Crippen molar-refractivity contribution < 1.29 is 49.9 Å². The number of carbonyl (C=O) groups is 3. The average Bonchev–Trinajstić information content (AvgIpc) is 3.29. The van der Waals surface area contributed by atoms with E-state index in [0.717, 1.165) is 28.4 Å². The van der Waals surface area contributed by atoms with Gasteiger partial charge in [-0.2, -0.15) is 13.2 Å². The Morgan fingerprint density at radius 1 is 1.10 bits per heavy atom. The maximum atomic E-state index is 13.9. The molecule has 1 atom stereocenters. The third kappa shape index (κ3) is 8.52. The van der Waals surface area contributed by atoms with E-state index in [9.17, 15) is 45.1 Å². The van der Waals surface area contributed by atoms with E-state index in [1.165, 1.54) is 12.1 Å². The molecule has 1 saturated heterocycles. The van der Waals surface area contributed by atoms with E-state index in [1.54, 1.807) is 0 Å². The second-order valence-electron chi connectivity index (χ2n) is 8.38. The molecule has 0 saturated carbocycles. The fourth-order valence-corrected chi connectivity index (χ4v) is 4.79. The molecule has 1 aromatic carbocycles. The Balaban J connectivity index is 1.91. The molecule has 40 heavy (non-hydrogen) atoms. The van der Waals surface area contributed by atoms with Crippen molar-refractivity contribution in [2.24, 2.45) is 0 Å². The number of morpholine rings is 1. The monoisotopic (exact) mass is 618 g/mol. The van der Waals surface area contributed by atoms with Crippen LogP contribution in [0.25, 0.3) is 0 Å². The highest BCUT2D eigenvalue weighted by Crippen LogP contribution is 2.38. The van der Waals surface area contributed by atoms with Gasteiger partial charge < -0.3 is 20.3 Å². The molecular formula is C23H22ClF7N4O4S. The van der Waals surface area contributed by atoms with Gasteiger partial charge in [-0.1, -0.05) is 11.6 Å². The normalized spacial score (nSPS) is 15.2. The lowest BCUT2D eigenvalue weighted by atomic mass is 10.1. The minimum atomic E-state index is -5.04. The second kappa shape index (κ2) is 13.6. The number of thiophene rings is 1. The maximum absolute atomic E-state index is 13.9. The smallest absolute Gasteiger partial charge is 0.370 e. The van der Waals surface area contributed by atoms with E-state index in [-0.39, 0.29) is 34.7 Å². The van der Waals surface area contributed by atoms with Crippen LogP contribution in [0.3, 0.4) is 0 Å². The molecule has 0 spiro atoms. The first-order valence-electron chi connectivity index (χ1n) is 11.5. The van der Waals surface area contributed by atoms with Crippen molar-refractivity contribution in [2.75, 3.05) is 49.6 Å². The van der Waals surface area contributed by atoms with E-state index < -0.39 is 73.7 Å². The standard InChI is InChI=1S/C23H22ClF7N4O4S/c24-17-4-3-16(40-17)22(38)32-8-15(34(9-18(25)26)10-19(27)28)21(37)33-14-2-1-12(7-13(14)23(29,30)31)35-5-6-39-11-20(35)36/h1-4,7,15,18-19H,5-6,8-11H2,(H,32,38)(H,33,37)/t15-/m0/s1. The van der Waals surface area contributed by atoms with Crippen LogP contribution >= 0.6 is 22.9 Å². The molecule has 2 aromatic rings. The van der Waals surface area contributed by atoms with Crippen LogP contribution in [0.1, 0.15) is 15.2 Å². The second-order valence-corrected chi connectivity index (χ2v) is 10.1. The zero-order valence-electron chi connectivity index (χ0n) is 20.3. The summed E-state index contributed by atoms with van der Waals surface area (Å²) in [5.74, 6) is -2.75. The number of rotatable bonds is 11. The maximum Gasteiger partial charge on any atom is 0.418 e. The van der Waals surface area contributed by atoms with E-state index in [1.807, 2.05) is 5.32 Å². The number of alkyl halides is 7. The number of hydrogen-bond donors (Lipinski definition) is 2. The van der Waals surface area contributed by atoms with Crippen LogP contribution in [-0.2, 0) is 20.5 Å². The van der Waals surface area contributed by atoms with Gasteiger partial charge in [0.15, 0.2) is 0 Å². The molecular weight excluding hydrogens is 597 g/mol. The van der Waals surface area contributed by atoms with Crippen LogP contribution in [0, 0.1) is 0 Å². The number of nitrogens with one attached hydrogen (secondary N) is 2. The van der Waals surface area contributed by atoms with Gasteiger partial charge in [-0.25, -0.2) is 17.6 Å². The van der Waals surface area contributed by atoms with Gasteiger partial charge in [-0.05, 0) is 30.3 Å². The van der Waals surface area contributed by atoms with Crippen LogP contribution in [-0.4, -0.2) is 80.9 Å². The summed E-state index contributed by atoms with van der Waals surface area (Å²) >= 11 is 6.62. The largest absolute Gasteiger partial charge is 0.418 e. The molecule has 8 nitrogen and oxygen atoms in total. The molecule has 3 amide bonds. The fraction of sp³-hybridized carbons (Fsp3) is 0.435. The molecule has 1 aliphatic heterocycles. The quantitative estimate of drug-likeness (QED) is 0.366. The fourth-order valence-electron chi connectivity index (χ4n) is 3.83. The third-order valence-electron chi connectivity index (χ3n) is 5.61. The van der Waals surface area contributed by atoms with Crippen molar-refractivity contribution in [3.8, 4) is 0 Å². The van der Waals surface area contributed by atoms with Gasteiger partial charge in [-0.3, -0.25) is 19.3 Å². The number of amides is 3. The zero-order valence-corrected chi connectivity index (χ0v) is 21.9. The van der Waals surface area contributed by atoms with Crippen molar-refractivity contribution in [3.63, 3.8) is 0 Å². The predicted molar refractivity (Wildman–Crippen MR) is 132 cm³/mol. The molecule has 3 rings (SSSR count). The summed E-state index contributed by atoms with van der Waals surface area (Å²) in [6.45, 7) is -3.72. The van der Waals surface area contributed by atoms with Crippen molar-refractivity contribution >= 4 is 52.0 Å². The molecule has 17 heteroatoms. The molecule has 2 N–H and O–H groups in total. The van der Waals surface area contributed by atoms with E-state index in [4.69, 9.17) is 16.3 Å². The summed E-state index contributed by atoms with van der Waals surface area (Å²) in [7, 11) is 0. The summed E-state index contributed by atoms with van der Waals surface area (Å²) in [4.78, 5) is 39.1. The number of hydrogen-bond acceptors (Lipinski definition) is 6. The molecule has 220 valence electrons. The highest BCUT2D eigenvalue weighted by molar-refractivity contribution is 7.18. The molecule has 1 aliphatic rings. The number of halogens is 8. The number of benzene rings is 1. The number of nitrogens with zero attached hydrogens (tertiary/aromatic N) is 2. The number of anilines is 2. The number of ether oxygens (including phenoxy) is 1. The molecule has 0 unspecified atom stereocenters. The minimum Gasteiger partial charge on any atom is -0.370 e. The SMILES string of the molecule is O=C(NC[C@@H](C(=O)Nc1ccc(N2CCOCC2=O)cc1C(F)(F)F)N(CC(F)F)CC(F)F)c1ccc(Cl)s1. The zero-order chi connectivity index (χ0) is 29.6. The van der Waals surface area contributed by atoms with Crippen LogP contribution in [0.15, 0.2) is 30.3 Å². The van der Waals surface area contributed by atoms with Gasteiger partial charge in [0.2, 0.25) is 5.91 Å².